The fourth-order valence-electron chi connectivity index (χ4n) is 8.14. The molecule has 2 saturated carbocycles. The molecule has 5 nitrogen and oxygen atoms in total. The highest BCUT2D eigenvalue weighted by Crippen LogP contribution is 2.68. The molecule has 4 aliphatic carbocycles. The molecule has 4 aliphatic rings. The van der Waals surface area contributed by atoms with Crippen molar-refractivity contribution in [3.8, 4) is 0 Å². The van der Waals surface area contributed by atoms with E-state index in [0.29, 0.717) is 30.6 Å². The van der Waals surface area contributed by atoms with Crippen molar-refractivity contribution < 1.29 is 23.9 Å². The van der Waals surface area contributed by atoms with Crippen LogP contribution in [0.3, 0.4) is 0 Å². The molecule has 0 N–H and O–H groups in total. The van der Waals surface area contributed by atoms with E-state index < -0.39 is 5.60 Å². The van der Waals surface area contributed by atoms with E-state index in [2.05, 4.69) is 32.9 Å². The van der Waals surface area contributed by atoms with Crippen molar-refractivity contribution in [2.45, 2.75) is 105 Å². The molecule has 0 aromatic heterocycles. The minimum absolute atomic E-state index is 0.0149. The lowest BCUT2D eigenvalue weighted by Crippen LogP contribution is -2.58. The number of ether oxygens (including phenoxy) is 2. The van der Waals surface area contributed by atoms with Crippen LogP contribution in [0.2, 0.25) is 0 Å². The van der Waals surface area contributed by atoms with Crippen LogP contribution in [0.4, 0.5) is 0 Å². The zero-order valence-electron chi connectivity index (χ0n) is 21.2. The molecular formula is C28H40O5. The maximum atomic E-state index is 12.9. The first-order valence-corrected chi connectivity index (χ1v) is 12.8. The van der Waals surface area contributed by atoms with Gasteiger partial charge in [0.15, 0.2) is 11.4 Å². The number of esters is 2. The van der Waals surface area contributed by atoms with Crippen LogP contribution in [-0.2, 0) is 23.9 Å². The Morgan fingerprint density at radius 3 is 2.33 bits per heavy atom. The SMILES string of the molecule is CCCC(=O)O[C@@H]1C=C2C(C)=C[C@@H]3[C@H](CC[C@@]4(C)[C@H]3CC[C@]4(OC(C)=O)C(C)=O)[C@@]2(C)CC1. The van der Waals surface area contributed by atoms with Crippen molar-refractivity contribution in [2.75, 3.05) is 0 Å². The minimum atomic E-state index is -1.00. The summed E-state index contributed by atoms with van der Waals surface area (Å²) in [6.45, 7) is 11.8. The molecule has 0 saturated heterocycles. The fraction of sp³-hybridized carbons (Fsp3) is 0.750. The molecule has 0 aromatic rings. The number of rotatable bonds is 5. The quantitative estimate of drug-likeness (QED) is 0.495. The van der Waals surface area contributed by atoms with Gasteiger partial charge in [-0.3, -0.25) is 14.4 Å². The number of fused-ring (bicyclic) bond motifs is 5. The van der Waals surface area contributed by atoms with E-state index in [0.717, 1.165) is 38.5 Å². The van der Waals surface area contributed by atoms with Gasteiger partial charge in [0.2, 0.25) is 0 Å². The van der Waals surface area contributed by atoms with Crippen LogP contribution >= 0.6 is 0 Å². The highest BCUT2D eigenvalue weighted by Gasteiger charge is 2.67. The van der Waals surface area contributed by atoms with Crippen molar-refractivity contribution in [2.24, 2.45) is 28.6 Å². The van der Waals surface area contributed by atoms with Crippen LogP contribution in [0.5, 0.6) is 0 Å². The Hall–Kier alpha value is -1.91. The number of Topliss-reactive ketones (excluding diaryl/α,β-unsaturated/α-hetero) is 1. The largest absolute Gasteiger partial charge is 0.458 e. The Morgan fingerprint density at radius 2 is 1.70 bits per heavy atom. The lowest BCUT2D eigenvalue weighted by atomic mass is 9.47. The molecule has 0 aromatic carbocycles. The number of ketones is 1. The zero-order valence-corrected chi connectivity index (χ0v) is 21.2. The average molecular weight is 457 g/mol. The van der Waals surface area contributed by atoms with Crippen molar-refractivity contribution in [3.63, 3.8) is 0 Å². The minimum Gasteiger partial charge on any atom is -0.458 e. The number of carbonyl (C=O) groups is 3. The summed E-state index contributed by atoms with van der Waals surface area (Å²) >= 11 is 0. The fourth-order valence-corrected chi connectivity index (χ4v) is 8.14. The topological polar surface area (TPSA) is 69.7 Å². The Labute approximate surface area is 198 Å². The van der Waals surface area contributed by atoms with Gasteiger partial charge in [-0.25, -0.2) is 0 Å². The third-order valence-corrected chi connectivity index (χ3v) is 9.68. The van der Waals surface area contributed by atoms with E-state index in [9.17, 15) is 14.4 Å². The van der Waals surface area contributed by atoms with Crippen LogP contribution in [-0.4, -0.2) is 29.4 Å². The third-order valence-electron chi connectivity index (χ3n) is 9.68. The normalized spacial score (nSPS) is 41.6. The maximum absolute atomic E-state index is 12.9. The van der Waals surface area contributed by atoms with E-state index in [4.69, 9.17) is 9.47 Å². The molecule has 4 rings (SSSR count). The summed E-state index contributed by atoms with van der Waals surface area (Å²) in [4.78, 5) is 37.0. The molecule has 0 aliphatic heterocycles. The van der Waals surface area contributed by atoms with Gasteiger partial charge >= 0.3 is 11.9 Å². The number of hydrogen-bond donors (Lipinski definition) is 0. The Morgan fingerprint density at radius 1 is 1.00 bits per heavy atom. The summed E-state index contributed by atoms with van der Waals surface area (Å²) in [5.41, 5.74) is 1.31. The highest BCUT2D eigenvalue weighted by molar-refractivity contribution is 5.89. The van der Waals surface area contributed by atoms with Gasteiger partial charge in [-0.05, 0) is 93.6 Å². The third kappa shape index (κ3) is 3.61. The summed E-state index contributed by atoms with van der Waals surface area (Å²) in [6, 6.07) is 0. The number of allylic oxidation sites excluding steroid dienone is 3. The summed E-state index contributed by atoms with van der Waals surface area (Å²) in [5.74, 6) is 0.674. The first kappa shape index (κ1) is 24.2. The van der Waals surface area contributed by atoms with Gasteiger partial charge in [-0.15, -0.1) is 0 Å². The molecule has 0 heterocycles. The van der Waals surface area contributed by atoms with Crippen molar-refractivity contribution >= 4 is 17.7 Å². The second-order valence-corrected chi connectivity index (χ2v) is 11.4. The van der Waals surface area contributed by atoms with Gasteiger partial charge in [-0.2, -0.15) is 0 Å². The molecule has 0 radical (unpaired) electrons. The van der Waals surface area contributed by atoms with Crippen molar-refractivity contribution in [3.05, 3.63) is 23.3 Å². The molecule has 0 bridgehead atoms. The van der Waals surface area contributed by atoms with Gasteiger partial charge in [0.25, 0.3) is 0 Å². The summed E-state index contributed by atoms with van der Waals surface area (Å²) in [7, 11) is 0. The predicted octanol–water partition coefficient (Wildman–Crippen LogP) is 5.72. The van der Waals surface area contributed by atoms with Crippen LogP contribution < -0.4 is 0 Å². The van der Waals surface area contributed by atoms with Crippen LogP contribution in [0.1, 0.15) is 92.9 Å². The lowest BCUT2D eigenvalue weighted by molar-refractivity contribution is -0.185. The molecule has 5 heteroatoms. The van der Waals surface area contributed by atoms with E-state index in [1.165, 1.54) is 18.1 Å². The molecular weight excluding hydrogens is 416 g/mol. The molecule has 182 valence electrons. The zero-order chi connectivity index (χ0) is 24.2. The standard InChI is InChI=1S/C28H40O5/c1-7-8-25(31)32-20-9-12-26(5)22-10-13-27(6)23(21(22)15-17(2)24(26)16-20)11-14-28(27,18(3)29)33-19(4)30/h15-16,20-23H,7-14H2,1-6H3/t20-,21+,22-,23-,26+,27-,28-/m0/s1. The second kappa shape index (κ2) is 8.39. The monoisotopic (exact) mass is 456 g/mol. The molecule has 0 amide bonds. The molecule has 7 atom stereocenters. The maximum Gasteiger partial charge on any atom is 0.306 e. The number of carbonyl (C=O) groups excluding carboxylic acids is 3. The summed E-state index contributed by atoms with van der Waals surface area (Å²) < 4.78 is 11.6. The van der Waals surface area contributed by atoms with Gasteiger partial charge in [-0.1, -0.05) is 32.4 Å². The first-order chi connectivity index (χ1) is 15.5. The van der Waals surface area contributed by atoms with E-state index >= 15 is 0 Å². The Bertz CT molecular complexity index is 915. The van der Waals surface area contributed by atoms with Gasteiger partial charge in [0, 0.05) is 18.8 Å². The van der Waals surface area contributed by atoms with E-state index in [-0.39, 0.29) is 34.7 Å². The molecule has 2 fully saturated rings. The molecule has 0 spiro atoms. The molecule has 33 heavy (non-hydrogen) atoms. The van der Waals surface area contributed by atoms with Crippen molar-refractivity contribution in [1.82, 2.24) is 0 Å². The van der Waals surface area contributed by atoms with Crippen LogP contribution in [0, 0.1) is 28.6 Å². The van der Waals surface area contributed by atoms with Gasteiger partial charge in [0.05, 0.1) is 0 Å². The average Bonchev–Trinajstić information content (AvgIpc) is 3.02. The summed E-state index contributed by atoms with van der Waals surface area (Å²) in [5, 5.41) is 0. The smallest absolute Gasteiger partial charge is 0.306 e. The Kier molecular flexibility index (Phi) is 6.16. The van der Waals surface area contributed by atoms with Crippen LogP contribution in [0.15, 0.2) is 23.3 Å². The Balaban J connectivity index is 1.68. The first-order valence-electron chi connectivity index (χ1n) is 12.8. The van der Waals surface area contributed by atoms with Crippen molar-refractivity contribution in [1.29, 1.82) is 0 Å². The summed E-state index contributed by atoms with van der Waals surface area (Å²) in [6.07, 6.45) is 11.0. The second-order valence-electron chi connectivity index (χ2n) is 11.4. The predicted molar refractivity (Wildman–Crippen MR) is 126 cm³/mol. The van der Waals surface area contributed by atoms with Gasteiger partial charge < -0.3 is 9.47 Å². The van der Waals surface area contributed by atoms with E-state index in [1.54, 1.807) is 6.92 Å². The number of hydrogen-bond acceptors (Lipinski definition) is 5. The van der Waals surface area contributed by atoms with E-state index in [1.807, 2.05) is 6.92 Å². The highest BCUT2D eigenvalue weighted by atomic mass is 16.6. The molecule has 0 unspecified atom stereocenters. The van der Waals surface area contributed by atoms with Gasteiger partial charge in [0.1, 0.15) is 6.10 Å². The lowest BCUT2D eigenvalue weighted by Gasteiger charge is -2.58. The van der Waals surface area contributed by atoms with Crippen LogP contribution in [0.25, 0.3) is 0 Å².